The molecule has 26 heavy (non-hydrogen) atoms. The first-order valence-corrected chi connectivity index (χ1v) is 8.45. The van der Waals surface area contributed by atoms with Crippen molar-refractivity contribution in [3.8, 4) is 0 Å². The number of aromatic nitrogens is 4. The quantitative estimate of drug-likeness (QED) is 0.615. The highest BCUT2D eigenvalue weighted by Gasteiger charge is 2.25. The number of nitrogens with zero attached hydrogens (tertiary/aromatic N) is 3. The van der Waals surface area contributed by atoms with Crippen molar-refractivity contribution >= 4 is 17.6 Å². The minimum atomic E-state index is -0.569. The molecule has 1 saturated carbocycles. The van der Waals surface area contributed by atoms with E-state index in [1.54, 1.807) is 12.1 Å². The maximum absolute atomic E-state index is 14.0. The first kappa shape index (κ1) is 16.4. The van der Waals surface area contributed by atoms with E-state index in [4.69, 9.17) is 0 Å². The van der Waals surface area contributed by atoms with Crippen molar-refractivity contribution in [1.82, 2.24) is 20.2 Å². The summed E-state index contributed by atoms with van der Waals surface area (Å²) in [5.41, 5.74) is 1.92. The molecule has 0 bridgehead atoms. The van der Waals surface area contributed by atoms with E-state index in [2.05, 4.69) is 30.8 Å². The zero-order valence-electron chi connectivity index (χ0n) is 14.1. The monoisotopic (exact) mass is 356 g/mol. The van der Waals surface area contributed by atoms with Gasteiger partial charge in [-0.1, -0.05) is 12.1 Å². The van der Waals surface area contributed by atoms with Crippen molar-refractivity contribution in [3.63, 3.8) is 0 Å². The fourth-order valence-electron chi connectivity index (χ4n) is 2.68. The normalized spacial score (nSPS) is 14.9. The van der Waals surface area contributed by atoms with Gasteiger partial charge in [-0.25, -0.2) is 13.8 Å². The molecule has 1 atom stereocenters. The Balaban J connectivity index is 1.48. The summed E-state index contributed by atoms with van der Waals surface area (Å²) in [4.78, 5) is 8.15. The van der Waals surface area contributed by atoms with E-state index in [-0.39, 0.29) is 23.6 Å². The summed E-state index contributed by atoms with van der Waals surface area (Å²) in [5, 5.41) is 13.1. The van der Waals surface area contributed by atoms with Crippen molar-refractivity contribution in [2.24, 2.45) is 0 Å². The summed E-state index contributed by atoms with van der Waals surface area (Å²) in [5.74, 6) is 0.492. The standard InChI is InChI=1S/C18H18F2N6/c1-10(11-4-6-13(19)7-5-11)22-18-21-9-14(20)17(24-18)23-16-8-15(25-26-16)12-2-3-12/h4-10,12H,2-3H2,1H3,(H3,21,22,23,24,25,26)/t10-/m0/s1. The lowest BCUT2D eigenvalue weighted by Crippen LogP contribution is -2.11. The molecule has 0 aliphatic heterocycles. The van der Waals surface area contributed by atoms with Gasteiger partial charge in [0.15, 0.2) is 17.5 Å². The van der Waals surface area contributed by atoms with Crippen LogP contribution in [-0.2, 0) is 0 Å². The summed E-state index contributed by atoms with van der Waals surface area (Å²) >= 11 is 0. The molecular formula is C18H18F2N6. The van der Waals surface area contributed by atoms with E-state index in [9.17, 15) is 8.78 Å². The summed E-state index contributed by atoms with van der Waals surface area (Å²) in [6.45, 7) is 1.89. The highest BCUT2D eigenvalue weighted by molar-refractivity contribution is 5.54. The van der Waals surface area contributed by atoms with Crippen LogP contribution in [-0.4, -0.2) is 20.2 Å². The van der Waals surface area contributed by atoms with Crippen molar-refractivity contribution < 1.29 is 8.78 Å². The van der Waals surface area contributed by atoms with Gasteiger partial charge in [-0.2, -0.15) is 10.1 Å². The number of hydrogen-bond acceptors (Lipinski definition) is 5. The Hall–Kier alpha value is -3.03. The Kier molecular flexibility index (Phi) is 4.24. The number of halogens is 2. The van der Waals surface area contributed by atoms with Crippen LogP contribution in [0.1, 0.15) is 43.0 Å². The number of benzene rings is 1. The van der Waals surface area contributed by atoms with E-state index < -0.39 is 5.82 Å². The maximum atomic E-state index is 14.0. The zero-order chi connectivity index (χ0) is 18.1. The van der Waals surface area contributed by atoms with Crippen LogP contribution in [0, 0.1) is 11.6 Å². The predicted molar refractivity (Wildman–Crippen MR) is 94.3 cm³/mol. The molecule has 2 aromatic heterocycles. The SMILES string of the molecule is C[C@H](Nc1ncc(F)c(Nc2cc(C3CC3)[nH]n2)n1)c1ccc(F)cc1. The Labute approximate surface area is 149 Å². The highest BCUT2D eigenvalue weighted by atomic mass is 19.1. The molecule has 0 unspecified atom stereocenters. The number of H-pyrrole nitrogens is 1. The molecule has 0 amide bonds. The highest BCUT2D eigenvalue weighted by Crippen LogP contribution is 2.39. The van der Waals surface area contributed by atoms with E-state index in [0.717, 1.165) is 30.3 Å². The molecule has 4 rings (SSSR count). The van der Waals surface area contributed by atoms with Crippen molar-refractivity contribution in [1.29, 1.82) is 0 Å². The number of hydrogen-bond donors (Lipinski definition) is 3. The fourth-order valence-corrected chi connectivity index (χ4v) is 2.68. The molecule has 8 heteroatoms. The lowest BCUT2D eigenvalue weighted by atomic mass is 10.1. The third-order valence-corrected chi connectivity index (χ3v) is 4.32. The van der Waals surface area contributed by atoms with Crippen LogP contribution in [0.15, 0.2) is 36.5 Å². The molecular weight excluding hydrogens is 338 g/mol. The van der Waals surface area contributed by atoms with Gasteiger partial charge in [-0.15, -0.1) is 0 Å². The van der Waals surface area contributed by atoms with Gasteiger partial charge >= 0.3 is 0 Å². The van der Waals surface area contributed by atoms with Crippen molar-refractivity contribution in [2.45, 2.75) is 31.7 Å². The van der Waals surface area contributed by atoms with Crippen LogP contribution >= 0.6 is 0 Å². The van der Waals surface area contributed by atoms with Gasteiger partial charge in [0.05, 0.1) is 12.2 Å². The van der Waals surface area contributed by atoms with Crippen LogP contribution in [0.4, 0.5) is 26.4 Å². The molecule has 3 N–H and O–H groups in total. The molecule has 1 aliphatic rings. The van der Waals surface area contributed by atoms with E-state index in [1.807, 2.05) is 13.0 Å². The maximum Gasteiger partial charge on any atom is 0.225 e. The third-order valence-electron chi connectivity index (χ3n) is 4.32. The Morgan fingerprint density at radius 1 is 1.19 bits per heavy atom. The number of anilines is 3. The van der Waals surface area contributed by atoms with Crippen LogP contribution in [0.5, 0.6) is 0 Å². The van der Waals surface area contributed by atoms with E-state index in [0.29, 0.717) is 11.7 Å². The van der Waals surface area contributed by atoms with Gasteiger partial charge in [-0.05, 0) is 37.5 Å². The lowest BCUT2D eigenvalue weighted by molar-refractivity contribution is 0.618. The second-order valence-electron chi connectivity index (χ2n) is 6.42. The molecule has 0 spiro atoms. The van der Waals surface area contributed by atoms with Crippen LogP contribution in [0.25, 0.3) is 0 Å². The van der Waals surface area contributed by atoms with Gasteiger partial charge in [0.25, 0.3) is 0 Å². The van der Waals surface area contributed by atoms with Gasteiger partial charge in [-0.3, -0.25) is 5.10 Å². The number of rotatable bonds is 6. The van der Waals surface area contributed by atoms with Crippen molar-refractivity contribution in [3.05, 3.63) is 59.4 Å². The Morgan fingerprint density at radius 2 is 1.96 bits per heavy atom. The fraction of sp³-hybridized carbons (Fsp3) is 0.278. The van der Waals surface area contributed by atoms with Crippen LogP contribution in [0.3, 0.4) is 0 Å². The number of aromatic amines is 1. The topological polar surface area (TPSA) is 78.5 Å². The molecule has 2 heterocycles. The third kappa shape index (κ3) is 3.63. The lowest BCUT2D eigenvalue weighted by Gasteiger charge is -2.15. The van der Waals surface area contributed by atoms with Crippen LogP contribution < -0.4 is 10.6 Å². The minimum absolute atomic E-state index is 0.0441. The first-order chi connectivity index (χ1) is 12.6. The smallest absolute Gasteiger partial charge is 0.225 e. The second kappa shape index (κ2) is 6.70. The average Bonchev–Trinajstić information content (AvgIpc) is 3.38. The van der Waals surface area contributed by atoms with Crippen molar-refractivity contribution in [2.75, 3.05) is 10.6 Å². The molecule has 1 aliphatic carbocycles. The predicted octanol–water partition coefficient (Wildman–Crippen LogP) is 4.27. The second-order valence-corrected chi connectivity index (χ2v) is 6.42. The van der Waals surface area contributed by atoms with Crippen LogP contribution in [0.2, 0.25) is 0 Å². The molecule has 1 fully saturated rings. The van der Waals surface area contributed by atoms with Gasteiger partial charge in [0.1, 0.15) is 5.82 Å². The van der Waals surface area contributed by atoms with Gasteiger partial charge < -0.3 is 10.6 Å². The summed E-state index contributed by atoms with van der Waals surface area (Å²) in [6, 6.07) is 7.84. The number of nitrogens with one attached hydrogen (secondary N) is 3. The summed E-state index contributed by atoms with van der Waals surface area (Å²) in [6.07, 6.45) is 3.40. The van der Waals surface area contributed by atoms with E-state index >= 15 is 0 Å². The summed E-state index contributed by atoms with van der Waals surface area (Å²) in [7, 11) is 0. The van der Waals surface area contributed by atoms with Gasteiger partial charge in [0, 0.05) is 17.7 Å². The average molecular weight is 356 g/mol. The van der Waals surface area contributed by atoms with Gasteiger partial charge in [0.2, 0.25) is 5.95 Å². The summed E-state index contributed by atoms with van der Waals surface area (Å²) < 4.78 is 27.1. The Morgan fingerprint density at radius 3 is 2.69 bits per heavy atom. The molecule has 3 aromatic rings. The van der Waals surface area contributed by atoms with E-state index in [1.165, 1.54) is 12.1 Å². The first-order valence-electron chi connectivity index (χ1n) is 8.45. The Bertz CT molecular complexity index is 904. The largest absolute Gasteiger partial charge is 0.348 e. The zero-order valence-corrected chi connectivity index (χ0v) is 14.1. The molecule has 6 nitrogen and oxygen atoms in total. The molecule has 0 radical (unpaired) electrons. The molecule has 134 valence electrons. The minimum Gasteiger partial charge on any atom is -0.348 e. The molecule has 1 aromatic carbocycles. The molecule has 0 saturated heterocycles.